The fourth-order valence-corrected chi connectivity index (χ4v) is 7.07. The number of hydrogen-bond acceptors (Lipinski definition) is 8. The zero-order valence-electron chi connectivity index (χ0n) is 15.4. The summed E-state index contributed by atoms with van der Waals surface area (Å²) in [5, 5.41) is 0.0640. The first-order valence-corrected chi connectivity index (χ1v) is 11.5. The van der Waals surface area contributed by atoms with Gasteiger partial charge in [-0.2, -0.15) is 0 Å². The van der Waals surface area contributed by atoms with E-state index in [0.717, 1.165) is 10.6 Å². The van der Waals surface area contributed by atoms with E-state index in [-0.39, 0.29) is 15.7 Å². The van der Waals surface area contributed by atoms with Gasteiger partial charge in [0.05, 0.1) is 30.6 Å². The van der Waals surface area contributed by atoms with E-state index in [1.54, 1.807) is 6.07 Å². The van der Waals surface area contributed by atoms with E-state index in [1.807, 2.05) is 20.8 Å². The van der Waals surface area contributed by atoms with Crippen LogP contribution in [0.25, 0.3) is 0 Å². The van der Waals surface area contributed by atoms with Gasteiger partial charge in [0, 0.05) is 17.5 Å². The van der Waals surface area contributed by atoms with Crippen LogP contribution in [-0.4, -0.2) is 49.2 Å². The largest absolute Gasteiger partial charge is 0.377 e. The summed E-state index contributed by atoms with van der Waals surface area (Å²) >= 11 is 7.41. The van der Waals surface area contributed by atoms with E-state index in [9.17, 15) is 8.42 Å². The molecule has 4 rings (SSSR count). The van der Waals surface area contributed by atoms with E-state index in [0.29, 0.717) is 44.1 Å². The zero-order valence-corrected chi connectivity index (χ0v) is 17.8. The van der Waals surface area contributed by atoms with Crippen molar-refractivity contribution in [2.45, 2.75) is 48.7 Å². The van der Waals surface area contributed by atoms with Crippen LogP contribution in [0, 0.1) is 13.8 Å². The number of hydrogen-bond donors (Lipinski definition) is 0. The predicted octanol–water partition coefficient (Wildman–Crippen LogP) is 2.89. The minimum atomic E-state index is -3.64. The third kappa shape index (κ3) is 3.14. The van der Waals surface area contributed by atoms with Gasteiger partial charge in [0.1, 0.15) is 10.6 Å². The van der Waals surface area contributed by atoms with Gasteiger partial charge in [0.2, 0.25) is 19.5 Å². The van der Waals surface area contributed by atoms with Crippen molar-refractivity contribution in [1.82, 2.24) is 15.0 Å². The summed E-state index contributed by atoms with van der Waals surface area (Å²) in [6, 6.07) is 1.90. The van der Waals surface area contributed by atoms with Crippen LogP contribution >= 0.6 is 22.9 Å². The standard InChI is InChI=1S/C17H21ClN4O3S2/c1-10-9-25-7-6-22(10)14-8-13(20-15(18)21-14)17(4-5-17)27(23,24)16-19-11(2)12(3)26-16/h8,10H,4-7,9H2,1-3H3/t10-/m0/s1. The van der Waals surface area contributed by atoms with Crippen LogP contribution in [0.15, 0.2) is 10.4 Å². The van der Waals surface area contributed by atoms with Gasteiger partial charge in [-0.25, -0.2) is 23.4 Å². The van der Waals surface area contributed by atoms with E-state index in [1.165, 1.54) is 11.3 Å². The Bertz CT molecular complexity index is 969. The maximum absolute atomic E-state index is 13.4. The van der Waals surface area contributed by atoms with Crippen LogP contribution in [0.2, 0.25) is 5.28 Å². The van der Waals surface area contributed by atoms with Crippen LogP contribution in [0.3, 0.4) is 0 Å². The van der Waals surface area contributed by atoms with Crippen LogP contribution in [-0.2, 0) is 19.3 Å². The molecule has 1 atom stereocenters. The quantitative estimate of drug-likeness (QED) is 0.692. The summed E-state index contributed by atoms with van der Waals surface area (Å²) in [5.41, 5.74) is 1.21. The smallest absolute Gasteiger partial charge is 0.224 e. The molecular weight excluding hydrogens is 408 g/mol. The van der Waals surface area contributed by atoms with Crippen molar-refractivity contribution in [3.8, 4) is 0 Å². The van der Waals surface area contributed by atoms with Crippen molar-refractivity contribution in [2.75, 3.05) is 24.7 Å². The summed E-state index contributed by atoms with van der Waals surface area (Å²) in [6.07, 6.45) is 1.02. The molecule has 0 spiro atoms. The third-order valence-electron chi connectivity index (χ3n) is 5.27. The van der Waals surface area contributed by atoms with Gasteiger partial charge >= 0.3 is 0 Å². The Labute approximate surface area is 167 Å². The summed E-state index contributed by atoms with van der Waals surface area (Å²) in [5.74, 6) is 0.647. The average molecular weight is 429 g/mol. The number of halogens is 1. The molecule has 1 saturated carbocycles. The number of aryl methyl sites for hydroxylation is 2. The highest BCUT2D eigenvalue weighted by atomic mass is 35.5. The monoisotopic (exact) mass is 428 g/mol. The highest BCUT2D eigenvalue weighted by Gasteiger charge is 2.59. The molecule has 0 unspecified atom stereocenters. The lowest BCUT2D eigenvalue weighted by Crippen LogP contribution is -2.44. The van der Waals surface area contributed by atoms with Crippen molar-refractivity contribution in [3.63, 3.8) is 0 Å². The molecule has 2 aromatic heterocycles. The molecule has 0 radical (unpaired) electrons. The molecule has 2 fully saturated rings. The molecule has 3 heterocycles. The minimum absolute atomic E-state index is 0.0640. The fraction of sp³-hybridized carbons (Fsp3) is 0.588. The predicted molar refractivity (Wildman–Crippen MR) is 104 cm³/mol. The SMILES string of the molecule is Cc1nc(S(=O)(=O)C2(c3cc(N4CCOC[C@@H]4C)nc(Cl)n3)CC2)sc1C. The highest BCUT2D eigenvalue weighted by molar-refractivity contribution is 7.94. The minimum Gasteiger partial charge on any atom is -0.377 e. The highest BCUT2D eigenvalue weighted by Crippen LogP contribution is 2.55. The number of ether oxygens (including phenoxy) is 1. The van der Waals surface area contributed by atoms with Gasteiger partial charge in [-0.1, -0.05) is 0 Å². The van der Waals surface area contributed by atoms with Crippen LogP contribution in [0.5, 0.6) is 0 Å². The number of anilines is 1. The first-order valence-electron chi connectivity index (χ1n) is 8.83. The number of aromatic nitrogens is 3. The lowest BCUT2D eigenvalue weighted by molar-refractivity contribution is 0.0985. The molecule has 7 nitrogen and oxygen atoms in total. The van der Waals surface area contributed by atoms with Gasteiger partial charge in [0.15, 0.2) is 0 Å². The summed E-state index contributed by atoms with van der Waals surface area (Å²) in [6.45, 7) is 7.62. The van der Waals surface area contributed by atoms with Gasteiger partial charge in [-0.05, 0) is 45.2 Å². The molecule has 1 aliphatic carbocycles. The maximum atomic E-state index is 13.4. The first-order chi connectivity index (χ1) is 12.7. The molecule has 27 heavy (non-hydrogen) atoms. The zero-order chi connectivity index (χ0) is 19.4. The Morgan fingerprint density at radius 1 is 1.30 bits per heavy atom. The second kappa shape index (κ2) is 6.65. The summed E-state index contributed by atoms with van der Waals surface area (Å²) in [4.78, 5) is 15.9. The number of morpholine rings is 1. The Balaban J connectivity index is 1.76. The second-order valence-electron chi connectivity index (χ2n) is 7.12. The van der Waals surface area contributed by atoms with Gasteiger partial charge in [0.25, 0.3) is 0 Å². The molecule has 2 aromatic rings. The van der Waals surface area contributed by atoms with Crippen molar-refractivity contribution in [3.05, 3.63) is 27.6 Å². The molecule has 0 bridgehead atoms. The Morgan fingerprint density at radius 2 is 2.04 bits per heavy atom. The van der Waals surface area contributed by atoms with Crippen molar-refractivity contribution >= 4 is 38.6 Å². The van der Waals surface area contributed by atoms with Crippen LogP contribution < -0.4 is 4.90 Å². The summed E-state index contributed by atoms with van der Waals surface area (Å²) in [7, 11) is -3.64. The number of nitrogens with zero attached hydrogens (tertiary/aromatic N) is 4. The van der Waals surface area contributed by atoms with E-state index in [2.05, 4.69) is 19.9 Å². The lowest BCUT2D eigenvalue weighted by atomic mass is 10.2. The van der Waals surface area contributed by atoms with Crippen molar-refractivity contribution < 1.29 is 13.2 Å². The normalized spacial score (nSPS) is 22.1. The lowest BCUT2D eigenvalue weighted by Gasteiger charge is -2.34. The molecule has 146 valence electrons. The number of rotatable bonds is 4. The fourth-order valence-electron chi connectivity index (χ4n) is 3.36. The summed E-state index contributed by atoms with van der Waals surface area (Å²) < 4.78 is 31.3. The first kappa shape index (κ1) is 19.0. The van der Waals surface area contributed by atoms with Crippen molar-refractivity contribution in [2.24, 2.45) is 0 Å². The molecule has 10 heteroatoms. The molecule has 2 aliphatic rings. The van der Waals surface area contributed by atoms with Crippen molar-refractivity contribution in [1.29, 1.82) is 0 Å². The number of sulfone groups is 1. The Kier molecular flexibility index (Phi) is 4.69. The Morgan fingerprint density at radius 3 is 2.63 bits per heavy atom. The van der Waals surface area contributed by atoms with E-state index in [4.69, 9.17) is 16.3 Å². The average Bonchev–Trinajstić information content (AvgIpc) is 3.37. The van der Waals surface area contributed by atoms with E-state index >= 15 is 0 Å². The molecule has 1 aliphatic heterocycles. The van der Waals surface area contributed by atoms with Gasteiger partial charge in [-0.15, -0.1) is 11.3 Å². The van der Waals surface area contributed by atoms with Gasteiger partial charge < -0.3 is 9.64 Å². The molecule has 0 aromatic carbocycles. The topological polar surface area (TPSA) is 85.3 Å². The van der Waals surface area contributed by atoms with Gasteiger partial charge in [-0.3, -0.25) is 0 Å². The molecule has 0 amide bonds. The molecule has 1 saturated heterocycles. The second-order valence-corrected chi connectivity index (χ2v) is 11.1. The Hall–Kier alpha value is -1.29. The molecule has 0 N–H and O–H groups in total. The van der Waals surface area contributed by atoms with Crippen LogP contribution in [0.4, 0.5) is 5.82 Å². The third-order valence-corrected chi connectivity index (χ3v) is 9.41. The number of thiazole rings is 1. The van der Waals surface area contributed by atoms with Crippen LogP contribution in [0.1, 0.15) is 36.0 Å². The van der Waals surface area contributed by atoms with E-state index < -0.39 is 14.6 Å². The molecular formula is C17H21ClN4O3S2. The maximum Gasteiger partial charge on any atom is 0.224 e.